The van der Waals surface area contributed by atoms with Crippen LogP contribution in [0.25, 0.3) is 11.3 Å². The molecule has 2 aromatic rings. The second-order valence-corrected chi connectivity index (χ2v) is 6.64. The van der Waals surface area contributed by atoms with E-state index in [4.69, 9.17) is 4.42 Å². The summed E-state index contributed by atoms with van der Waals surface area (Å²) < 4.78 is 5.51. The topological polar surface area (TPSA) is 67.2 Å². The van der Waals surface area contributed by atoms with E-state index in [0.717, 1.165) is 30.1 Å². The lowest BCUT2D eigenvalue weighted by Gasteiger charge is -2.27. The van der Waals surface area contributed by atoms with E-state index in [9.17, 15) is 4.79 Å². The van der Waals surface area contributed by atoms with E-state index in [1.807, 2.05) is 31.2 Å². The van der Waals surface area contributed by atoms with Crippen LogP contribution in [0.2, 0.25) is 0 Å². The summed E-state index contributed by atoms with van der Waals surface area (Å²) in [5.41, 5.74) is 1.77. The summed E-state index contributed by atoms with van der Waals surface area (Å²) in [6.45, 7) is 6.14. The number of hydrogen-bond acceptors (Lipinski definition) is 4. The lowest BCUT2D eigenvalue weighted by Crippen LogP contribution is -2.32. The third kappa shape index (κ3) is 4.23. The normalized spacial score (nSPS) is 16.8. The third-order valence-corrected chi connectivity index (χ3v) is 4.77. The van der Waals surface area contributed by atoms with Crippen LogP contribution in [0.4, 0.5) is 5.69 Å². The van der Waals surface area contributed by atoms with Crippen molar-refractivity contribution in [2.75, 3.05) is 18.4 Å². The molecule has 0 aliphatic carbocycles. The zero-order chi connectivity index (χ0) is 16.9. The molecule has 0 radical (unpaired) electrons. The molecular formula is C19H25N3O2. The lowest BCUT2D eigenvalue weighted by atomic mass is 9.84. The average Bonchev–Trinajstić information content (AvgIpc) is 3.02. The van der Waals surface area contributed by atoms with Crippen LogP contribution >= 0.6 is 0 Å². The molecule has 1 atom stereocenters. The van der Waals surface area contributed by atoms with Crippen molar-refractivity contribution in [2.24, 2.45) is 11.8 Å². The van der Waals surface area contributed by atoms with Crippen LogP contribution in [-0.4, -0.2) is 24.0 Å². The van der Waals surface area contributed by atoms with Gasteiger partial charge in [-0.15, -0.1) is 0 Å². The molecule has 2 heterocycles. The molecule has 5 heteroatoms. The van der Waals surface area contributed by atoms with Crippen molar-refractivity contribution in [2.45, 2.75) is 33.1 Å². The fourth-order valence-electron chi connectivity index (χ4n) is 3.30. The van der Waals surface area contributed by atoms with E-state index < -0.39 is 0 Å². The number of aryl methyl sites for hydroxylation is 1. The van der Waals surface area contributed by atoms with Crippen LogP contribution in [0.3, 0.4) is 0 Å². The highest BCUT2D eigenvalue weighted by Crippen LogP contribution is 2.25. The molecule has 3 rings (SSSR count). The number of benzene rings is 1. The first-order valence-electron chi connectivity index (χ1n) is 8.65. The summed E-state index contributed by atoms with van der Waals surface area (Å²) in [4.78, 5) is 16.4. The highest BCUT2D eigenvalue weighted by atomic mass is 16.4. The van der Waals surface area contributed by atoms with Crippen LogP contribution in [0.5, 0.6) is 0 Å². The Morgan fingerprint density at radius 3 is 2.67 bits per heavy atom. The average molecular weight is 327 g/mol. The molecule has 1 fully saturated rings. The van der Waals surface area contributed by atoms with Gasteiger partial charge in [0.25, 0.3) is 0 Å². The summed E-state index contributed by atoms with van der Waals surface area (Å²) in [7, 11) is 0. The molecule has 1 aromatic carbocycles. The highest BCUT2D eigenvalue weighted by Gasteiger charge is 2.22. The molecule has 0 spiro atoms. The van der Waals surface area contributed by atoms with Gasteiger partial charge in [-0.2, -0.15) is 0 Å². The third-order valence-electron chi connectivity index (χ3n) is 4.77. The maximum absolute atomic E-state index is 12.3. The Morgan fingerprint density at radius 1 is 1.33 bits per heavy atom. The number of rotatable bonds is 5. The predicted octanol–water partition coefficient (Wildman–Crippen LogP) is 3.61. The van der Waals surface area contributed by atoms with E-state index in [1.54, 1.807) is 6.20 Å². The molecule has 0 bridgehead atoms. The minimum atomic E-state index is 0.0873. The fraction of sp³-hybridized carbons (Fsp3) is 0.474. The molecule has 24 heavy (non-hydrogen) atoms. The zero-order valence-corrected chi connectivity index (χ0v) is 14.3. The molecule has 5 nitrogen and oxygen atoms in total. The van der Waals surface area contributed by atoms with Gasteiger partial charge in [0.2, 0.25) is 5.91 Å². The number of nitrogens with zero attached hydrogens (tertiary/aromatic N) is 1. The van der Waals surface area contributed by atoms with Gasteiger partial charge < -0.3 is 15.1 Å². The number of hydrogen-bond donors (Lipinski definition) is 2. The monoisotopic (exact) mass is 327 g/mol. The Hall–Kier alpha value is -2.14. The van der Waals surface area contributed by atoms with E-state index >= 15 is 0 Å². The predicted molar refractivity (Wildman–Crippen MR) is 94.7 cm³/mol. The van der Waals surface area contributed by atoms with Gasteiger partial charge >= 0.3 is 0 Å². The van der Waals surface area contributed by atoms with Crippen LogP contribution in [0.1, 0.15) is 32.1 Å². The van der Waals surface area contributed by atoms with Crippen LogP contribution in [0, 0.1) is 18.8 Å². The number of piperidine rings is 1. The van der Waals surface area contributed by atoms with Gasteiger partial charge in [0.05, 0.1) is 6.20 Å². The van der Waals surface area contributed by atoms with Crippen molar-refractivity contribution in [3.8, 4) is 11.3 Å². The maximum Gasteiger partial charge on any atom is 0.224 e. The fourth-order valence-corrected chi connectivity index (χ4v) is 3.30. The largest absolute Gasteiger partial charge is 0.441 e. The summed E-state index contributed by atoms with van der Waals surface area (Å²) in [6.07, 6.45) is 4.62. The molecule has 2 N–H and O–H groups in total. The standard InChI is InChI=1S/C19H25N3O2/c1-13(15-7-9-20-10-8-15)11-19(23)22-17-5-3-16(4-6-17)18-12-21-14(2)24-18/h3-6,12-13,15,20H,7-11H2,1-2H3,(H,22,23). The van der Waals surface area contributed by atoms with Crippen molar-refractivity contribution in [1.29, 1.82) is 0 Å². The number of anilines is 1. The van der Waals surface area contributed by atoms with Crippen molar-refractivity contribution >= 4 is 11.6 Å². The zero-order valence-electron chi connectivity index (χ0n) is 14.3. The SMILES string of the molecule is Cc1ncc(-c2ccc(NC(=O)CC(C)C3CCNCC3)cc2)o1. The van der Waals surface area contributed by atoms with Gasteiger partial charge in [0.1, 0.15) is 0 Å². The van der Waals surface area contributed by atoms with Gasteiger partial charge in [-0.3, -0.25) is 4.79 Å². The second kappa shape index (κ2) is 7.62. The lowest BCUT2D eigenvalue weighted by molar-refractivity contribution is -0.117. The molecular weight excluding hydrogens is 302 g/mol. The molecule has 1 amide bonds. The Balaban J connectivity index is 1.54. The number of carbonyl (C=O) groups excluding carboxylic acids is 1. The van der Waals surface area contributed by atoms with Gasteiger partial charge in [0, 0.05) is 24.6 Å². The van der Waals surface area contributed by atoms with Crippen LogP contribution in [0.15, 0.2) is 34.9 Å². The quantitative estimate of drug-likeness (QED) is 0.880. The molecule has 1 unspecified atom stereocenters. The van der Waals surface area contributed by atoms with E-state index in [0.29, 0.717) is 24.1 Å². The Bertz CT molecular complexity index is 672. The number of nitrogens with one attached hydrogen (secondary N) is 2. The molecule has 1 aromatic heterocycles. The summed E-state index contributed by atoms with van der Waals surface area (Å²) in [5.74, 6) is 2.54. The Labute approximate surface area is 142 Å². The van der Waals surface area contributed by atoms with Crippen LogP contribution < -0.4 is 10.6 Å². The van der Waals surface area contributed by atoms with Crippen molar-refractivity contribution in [1.82, 2.24) is 10.3 Å². The van der Waals surface area contributed by atoms with Gasteiger partial charge in [-0.25, -0.2) is 4.98 Å². The van der Waals surface area contributed by atoms with Crippen molar-refractivity contribution < 1.29 is 9.21 Å². The summed E-state index contributed by atoms with van der Waals surface area (Å²) in [5, 5.41) is 6.37. The first kappa shape index (κ1) is 16.7. The summed E-state index contributed by atoms with van der Waals surface area (Å²) >= 11 is 0. The maximum atomic E-state index is 12.3. The Morgan fingerprint density at radius 2 is 2.04 bits per heavy atom. The molecule has 1 aliphatic heterocycles. The van der Waals surface area contributed by atoms with Crippen LogP contribution in [-0.2, 0) is 4.79 Å². The number of aromatic nitrogens is 1. The molecule has 0 saturated carbocycles. The van der Waals surface area contributed by atoms with Gasteiger partial charge in [-0.1, -0.05) is 6.92 Å². The number of carbonyl (C=O) groups is 1. The molecule has 1 aliphatic rings. The Kier molecular flexibility index (Phi) is 5.30. The van der Waals surface area contributed by atoms with E-state index in [2.05, 4.69) is 22.5 Å². The van der Waals surface area contributed by atoms with E-state index in [-0.39, 0.29) is 5.91 Å². The minimum absolute atomic E-state index is 0.0873. The summed E-state index contributed by atoms with van der Waals surface area (Å²) in [6, 6.07) is 7.68. The van der Waals surface area contributed by atoms with Gasteiger partial charge in [-0.05, 0) is 62.0 Å². The van der Waals surface area contributed by atoms with Gasteiger partial charge in [0.15, 0.2) is 11.7 Å². The highest BCUT2D eigenvalue weighted by molar-refractivity contribution is 5.91. The number of oxazole rings is 1. The van der Waals surface area contributed by atoms with Crippen molar-refractivity contribution in [3.05, 3.63) is 36.4 Å². The molecule has 1 saturated heterocycles. The first-order valence-corrected chi connectivity index (χ1v) is 8.65. The number of amides is 1. The smallest absolute Gasteiger partial charge is 0.224 e. The first-order chi connectivity index (χ1) is 11.6. The van der Waals surface area contributed by atoms with E-state index in [1.165, 1.54) is 12.8 Å². The van der Waals surface area contributed by atoms with Crippen molar-refractivity contribution in [3.63, 3.8) is 0 Å². The second-order valence-electron chi connectivity index (χ2n) is 6.64. The molecule has 128 valence electrons. The minimum Gasteiger partial charge on any atom is -0.441 e.